The van der Waals surface area contributed by atoms with Crippen molar-refractivity contribution in [1.29, 1.82) is 5.26 Å². The summed E-state index contributed by atoms with van der Waals surface area (Å²) in [5, 5.41) is 8.96. The molecule has 0 amide bonds. The predicted molar refractivity (Wildman–Crippen MR) is 76.3 cm³/mol. The van der Waals surface area contributed by atoms with Crippen LogP contribution in [0.3, 0.4) is 0 Å². The van der Waals surface area contributed by atoms with E-state index in [1.54, 1.807) is 36.4 Å². The summed E-state index contributed by atoms with van der Waals surface area (Å²) in [5.74, 6) is 2.43. The van der Waals surface area contributed by atoms with E-state index < -0.39 is 10.0 Å². The predicted octanol–water partition coefficient (Wildman–Crippen LogP) is 2.34. The molecule has 20 heavy (non-hydrogen) atoms. The van der Waals surface area contributed by atoms with Crippen LogP contribution in [0, 0.1) is 23.7 Å². The van der Waals surface area contributed by atoms with Gasteiger partial charge >= 0.3 is 0 Å². The zero-order valence-corrected chi connectivity index (χ0v) is 11.2. The minimum absolute atomic E-state index is 0.0615. The van der Waals surface area contributed by atoms with E-state index in [0.29, 0.717) is 11.3 Å². The van der Waals surface area contributed by atoms with Crippen molar-refractivity contribution >= 4 is 15.7 Å². The van der Waals surface area contributed by atoms with Crippen molar-refractivity contribution in [3.63, 3.8) is 0 Å². The summed E-state index contributed by atoms with van der Waals surface area (Å²) < 4.78 is 26.9. The number of hydrogen-bond acceptors (Lipinski definition) is 3. The highest BCUT2D eigenvalue weighted by Gasteiger charge is 2.18. The molecule has 0 saturated carbocycles. The van der Waals surface area contributed by atoms with E-state index in [-0.39, 0.29) is 10.5 Å². The Bertz CT molecular complexity index is 827. The van der Waals surface area contributed by atoms with Crippen LogP contribution in [0.2, 0.25) is 0 Å². The average Bonchev–Trinajstić information content (AvgIpc) is 2.47. The number of nitriles is 1. The van der Waals surface area contributed by atoms with Crippen molar-refractivity contribution in [2.45, 2.75) is 4.90 Å². The van der Waals surface area contributed by atoms with Gasteiger partial charge in [-0.3, -0.25) is 4.72 Å². The quantitative estimate of drug-likeness (QED) is 0.878. The molecule has 0 heterocycles. The lowest BCUT2D eigenvalue weighted by atomic mass is 10.2. The maximum Gasteiger partial charge on any atom is 0.263 e. The Morgan fingerprint density at radius 3 is 2.55 bits per heavy atom. The topological polar surface area (TPSA) is 70.0 Å². The van der Waals surface area contributed by atoms with Gasteiger partial charge in [-0.1, -0.05) is 24.1 Å². The largest absolute Gasteiger partial charge is 0.280 e. The molecule has 0 aromatic heterocycles. The third-order valence-corrected chi connectivity index (χ3v) is 4.02. The van der Waals surface area contributed by atoms with Crippen LogP contribution in [0.25, 0.3) is 0 Å². The van der Waals surface area contributed by atoms with Gasteiger partial charge in [-0.05, 0) is 30.3 Å². The van der Waals surface area contributed by atoms with Gasteiger partial charge in [-0.2, -0.15) is 5.26 Å². The summed E-state index contributed by atoms with van der Waals surface area (Å²) in [4.78, 5) is -0.0615. The second-order valence-electron chi connectivity index (χ2n) is 3.94. The van der Waals surface area contributed by atoms with Crippen LogP contribution in [0.4, 0.5) is 5.69 Å². The third-order valence-electron chi connectivity index (χ3n) is 2.58. The van der Waals surface area contributed by atoms with Gasteiger partial charge in [0, 0.05) is 5.56 Å². The molecule has 0 unspecified atom stereocenters. The zero-order chi connectivity index (χ0) is 14.6. The fourth-order valence-electron chi connectivity index (χ4n) is 1.68. The van der Waals surface area contributed by atoms with Crippen LogP contribution < -0.4 is 4.72 Å². The summed E-state index contributed by atoms with van der Waals surface area (Å²) in [5.41, 5.74) is 1.01. The molecule has 5 heteroatoms. The van der Waals surface area contributed by atoms with Gasteiger partial charge in [0.1, 0.15) is 11.0 Å². The smallest absolute Gasteiger partial charge is 0.263 e. The molecule has 2 aromatic carbocycles. The first-order valence-corrected chi connectivity index (χ1v) is 7.14. The molecule has 0 aliphatic rings. The maximum atomic E-state index is 12.3. The minimum atomic E-state index is -3.82. The van der Waals surface area contributed by atoms with Crippen molar-refractivity contribution < 1.29 is 8.42 Å². The summed E-state index contributed by atoms with van der Waals surface area (Å²) in [6, 6.07) is 14.4. The summed E-state index contributed by atoms with van der Waals surface area (Å²) >= 11 is 0. The standard InChI is InChI=1S/C15H10N2O2S/c1-2-12-6-5-8-14(10-12)17-20(18,19)15-9-4-3-7-13(15)11-16/h1,3-10,17H. The monoisotopic (exact) mass is 282 g/mol. The number of benzene rings is 2. The lowest BCUT2D eigenvalue weighted by Crippen LogP contribution is -2.14. The van der Waals surface area contributed by atoms with Gasteiger partial charge in [-0.15, -0.1) is 6.42 Å². The fraction of sp³-hybridized carbons (Fsp3) is 0. The van der Waals surface area contributed by atoms with Crippen LogP contribution in [-0.4, -0.2) is 8.42 Å². The minimum Gasteiger partial charge on any atom is -0.280 e. The Morgan fingerprint density at radius 2 is 1.85 bits per heavy atom. The molecule has 0 bridgehead atoms. The highest BCUT2D eigenvalue weighted by molar-refractivity contribution is 7.92. The summed E-state index contributed by atoms with van der Waals surface area (Å²) in [7, 11) is -3.82. The lowest BCUT2D eigenvalue weighted by molar-refractivity contribution is 0.601. The molecule has 0 radical (unpaired) electrons. The summed E-state index contributed by atoms with van der Waals surface area (Å²) in [6.45, 7) is 0. The lowest BCUT2D eigenvalue weighted by Gasteiger charge is -2.09. The van der Waals surface area contributed by atoms with Crippen molar-refractivity contribution in [3.05, 3.63) is 59.7 Å². The molecule has 0 atom stereocenters. The highest BCUT2D eigenvalue weighted by atomic mass is 32.2. The average molecular weight is 282 g/mol. The molecular formula is C15H10N2O2S. The van der Waals surface area contributed by atoms with E-state index in [2.05, 4.69) is 10.6 Å². The van der Waals surface area contributed by atoms with Crippen LogP contribution in [0.5, 0.6) is 0 Å². The first-order chi connectivity index (χ1) is 9.56. The Kier molecular flexibility index (Phi) is 3.74. The maximum absolute atomic E-state index is 12.3. The van der Waals surface area contributed by atoms with E-state index in [1.165, 1.54) is 12.1 Å². The van der Waals surface area contributed by atoms with E-state index in [9.17, 15) is 8.42 Å². The normalized spacial score (nSPS) is 10.3. The first kappa shape index (κ1) is 13.7. The van der Waals surface area contributed by atoms with Gasteiger partial charge in [-0.25, -0.2) is 8.42 Å². The molecule has 0 aliphatic heterocycles. The molecule has 0 fully saturated rings. The second kappa shape index (κ2) is 5.48. The molecule has 1 N–H and O–H groups in total. The van der Waals surface area contributed by atoms with Gasteiger partial charge in [0.05, 0.1) is 11.3 Å². The molecule has 2 rings (SSSR count). The number of nitrogens with zero attached hydrogens (tertiary/aromatic N) is 1. The summed E-state index contributed by atoms with van der Waals surface area (Å²) in [6.07, 6.45) is 5.27. The van der Waals surface area contributed by atoms with E-state index in [1.807, 2.05) is 6.07 Å². The molecular weight excluding hydrogens is 272 g/mol. The Balaban J connectivity index is 2.42. The number of anilines is 1. The van der Waals surface area contributed by atoms with Gasteiger partial charge < -0.3 is 0 Å². The van der Waals surface area contributed by atoms with Gasteiger partial charge in [0.2, 0.25) is 0 Å². The van der Waals surface area contributed by atoms with Crippen molar-refractivity contribution in [2.75, 3.05) is 4.72 Å². The SMILES string of the molecule is C#Cc1cccc(NS(=O)(=O)c2ccccc2C#N)c1. The third kappa shape index (κ3) is 2.80. The number of hydrogen-bond donors (Lipinski definition) is 1. The highest BCUT2D eigenvalue weighted by Crippen LogP contribution is 2.19. The molecule has 2 aromatic rings. The van der Waals surface area contributed by atoms with Crippen molar-refractivity contribution in [3.8, 4) is 18.4 Å². The van der Waals surface area contributed by atoms with Crippen LogP contribution in [0.15, 0.2) is 53.4 Å². The molecule has 0 spiro atoms. The fourth-order valence-corrected chi connectivity index (χ4v) is 2.88. The Hall–Kier alpha value is -2.76. The van der Waals surface area contributed by atoms with Crippen molar-refractivity contribution in [1.82, 2.24) is 0 Å². The number of rotatable bonds is 3. The number of terminal acetylenes is 1. The van der Waals surface area contributed by atoms with Gasteiger partial charge in [0.15, 0.2) is 0 Å². The molecule has 0 saturated heterocycles. The van der Waals surface area contributed by atoms with Crippen LogP contribution >= 0.6 is 0 Å². The number of nitrogens with one attached hydrogen (secondary N) is 1. The van der Waals surface area contributed by atoms with Crippen LogP contribution in [0.1, 0.15) is 11.1 Å². The first-order valence-electron chi connectivity index (χ1n) is 5.65. The van der Waals surface area contributed by atoms with Crippen molar-refractivity contribution in [2.24, 2.45) is 0 Å². The molecule has 98 valence electrons. The zero-order valence-electron chi connectivity index (χ0n) is 10.4. The molecule has 0 aliphatic carbocycles. The van der Waals surface area contributed by atoms with E-state index in [0.717, 1.165) is 0 Å². The Morgan fingerprint density at radius 1 is 1.10 bits per heavy atom. The number of sulfonamides is 1. The Labute approximate surface area is 117 Å². The van der Waals surface area contributed by atoms with E-state index in [4.69, 9.17) is 11.7 Å². The molecule has 4 nitrogen and oxygen atoms in total. The van der Waals surface area contributed by atoms with Gasteiger partial charge in [0.25, 0.3) is 10.0 Å². The van der Waals surface area contributed by atoms with Crippen LogP contribution in [-0.2, 0) is 10.0 Å². The van der Waals surface area contributed by atoms with E-state index >= 15 is 0 Å². The second-order valence-corrected chi connectivity index (χ2v) is 5.59.